The van der Waals surface area contributed by atoms with Crippen LogP contribution in [0.5, 0.6) is 0 Å². The zero-order valence-electron chi connectivity index (χ0n) is 10.8. The second kappa shape index (κ2) is 6.60. The number of aliphatic carboxylic acids is 1. The van der Waals surface area contributed by atoms with Crippen molar-refractivity contribution in [3.63, 3.8) is 0 Å². The van der Waals surface area contributed by atoms with Gasteiger partial charge in [0.05, 0.1) is 12.2 Å². The van der Waals surface area contributed by atoms with E-state index in [1.165, 1.54) is 0 Å². The first-order valence-corrected chi connectivity index (χ1v) is 6.40. The molecule has 0 aromatic carbocycles. The van der Waals surface area contributed by atoms with E-state index in [-0.39, 0.29) is 6.54 Å². The zero-order valence-corrected chi connectivity index (χ0v) is 10.8. The molecule has 1 aromatic rings. The van der Waals surface area contributed by atoms with Crippen molar-refractivity contribution in [2.24, 2.45) is 0 Å². The fraction of sp³-hybridized carbons (Fsp3) is 0.538. The molecule has 19 heavy (non-hydrogen) atoms. The van der Waals surface area contributed by atoms with Gasteiger partial charge >= 0.3 is 5.97 Å². The number of pyridine rings is 1. The van der Waals surface area contributed by atoms with Gasteiger partial charge < -0.3 is 10.2 Å². The van der Waals surface area contributed by atoms with E-state index in [4.69, 9.17) is 5.11 Å². The van der Waals surface area contributed by atoms with Crippen LogP contribution in [0.25, 0.3) is 0 Å². The van der Waals surface area contributed by atoms with Crippen LogP contribution in [0.1, 0.15) is 11.8 Å². The molecule has 104 valence electrons. The van der Waals surface area contributed by atoms with Crippen LogP contribution >= 0.6 is 0 Å². The van der Waals surface area contributed by atoms with Crippen molar-refractivity contribution in [3.05, 3.63) is 30.1 Å². The normalized spacial score (nSPS) is 19.2. The summed E-state index contributed by atoms with van der Waals surface area (Å²) >= 11 is 0. The maximum Gasteiger partial charge on any atom is 0.317 e. The Kier molecular flexibility index (Phi) is 4.84. The van der Waals surface area contributed by atoms with Gasteiger partial charge in [-0.05, 0) is 12.1 Å². The summed E-state index contributed by atoms with van der Waals surface area (Å²) in [7, 11) is 0. The molecule has 1 aliphatic heterocycles. The monoisotopic (exact) mass is 265 g/mol. The lowest BCUT2D eigenvalue weighted by molar-refractivity contribution is -0.138. The predicted molar refractivity (Wildman–Crippen MR) is 69.7 cm³/mol. The van der Waals surface area contributed by atoms with Gasteiger partial charge in [0.2, 0.25) is 0 Å². The third-order valence-electron chi connectivity index (χ3n) is 3.28. The number of aromatic nitrogens is 1. The van der Waals surface area contributed by atoms with E-state index in [9.17, 15) is 9.90 Å². The Morgan fingerprint density at radius 2 is 1.95 bits per heavy atom. The number of carbonyl (C=O) groups is 1. The van der Waals surface area contributed by atoms with Crippen molar-refractivity contribution < 1.29 is 15.0 Å². The van der Waals surface area contributed by atoms with Gasteiger partial charge in [-0.2, -0.15) is 0 Å². The molecular formula is C13H19N3O3. The van der Waals surface area contributed by atoms with E-state index in [1.807, 2.05) is 23.1 Å². The minimum atomic E-state index is -0.790. The molecule has 6 nitrogen and oxygen atoms in total. The first-order valence-electron chi connectivity index (χ1n) is 6.40. The van der Waals surface area contributed by atoms with Crippen molar-refractivity contribution >= 4 is 5.97 Å². The molecule has 0 bridgehead atoms. The highest BCUT2D eigenvalue weighted by molar-refractivity contribution is 5.69. The summed E-state index contributed by atoms with van der Waals surface area (Å²) in [4.78, 5) is 18.8. The van der Waals surface area contributed by atoms with Crippen LogP contribution in [0, 0.1) is 0 Å². The van der Waals surface area contributed by atoms with Crippen molar-refractivity contribution in [3.8, 4) is 0 Å². The Bertz CT molecular complexity index is 405. The summed E-state index contributed by atoms with van der Waals surface area (Å²) in [5.74, 6) is -0.790. The molecule has 1 saturated heterocycles. The number of nitrogens with zero attached hydrogens (tertiary/aromatic N) is 3. The van der Waals surface area contributed by atoms with E-state index in [2.05, 4.69) is 9.88 Å². The Balaban J connectivity index is 1.78. The Hall–Kier alpha value is -1.50. The molecule has 0 spiro atoms. The van der Waals surface area contributed by atoms with E-state index in [0.29, 0.717) is 12.2 Å². The largest absolute Gasteiger partial charge is 0.480 e. The lowest BCUT2D eigenvalue weighted by Crippen LogP contribution is -2.48. The van der Waals surface area contributed by atoms with Crippen LogP contribution < -0.4 is 0 Å². The molecule has 1 atom stereocenters. The number of rotatable bonds is 5. The standard InChI is InChI=1S/C13H19N3O3/c17-12(11-3-1-2-4-14-11)9-15-5-7-16(8-6-15)10-13(18)19/h1-4,12,17H,5-10H2,(H,18,19). The van der Waals surface area contributed by atoms with E-state index < -0.39 is 12.1 Å². The van der Waals surface area contributed by atoms with Crippen molar-refractivity contribution in [2.75, 3.05) is 39.3 Å². The number of carboxylic acids is 1. The maximum atomic E-state index is 10.6. The molecule has 2 heterocycles. The number of hydrogen-bond donors (Lipinski definition) is 2. The molecule has 2 N–H and O–H groups in total. The average Bonchev–Trinajstić information content (AvgIpc) is 2.41. The Morgan fingerprint density at radius 3 is 2.53 bits per heavy atom. The van der Waals surface area contributed by atoms with Gasteiger partial charge in [0, 0.05) is 38.9 Å². The van der Waals surface area contributed by atoms with Crippen molar-refractivity contribution in [2.45, 2.75) is 6.10 Å². The third-order valence-corrected chi connectivity index (χ3v) is 3.28. The fourth-order valence-electron chi connectivity index (χ4n) is 2.23. The summed E-state index contributed by atoms with van der Waals surface area (Å²) in [6.45, 7) is 3.63. The third kappa shape index (κ3) is 4.27. The summed E-state index contributed by atoms with van der Waals surface area (Å²) in [6.07, 6.45) is 1.08. The number of β-amino-alcohol motifs (C(OH)–C–C–N with tert-alkyl or cyclic N) is 1. The van der Waals surface area contributed by atoms with Gasteiger partial charge in [-0.3, -0.25) is 19.6 Å². The van der Waals surface area contributed by atoms with Crippen LogP contribution in [0.15, 0.2) is 24.4 Å². The fourth-order valence-corrected chi connectivity index (χ4v) is 2.23. The number of carboxylic acid groups (broad SMARTS) is 1. The van der Waals surface area contributed by atoms with E-state index >= 15 is 0 Å². The first-order chi connectivity index (χ1) is 9.15. The van der Waals surface area contributed by atoms with E-state index in [0.717, 1.165) is 26.2 Å². The lowest BCUT2D eigenvalue weighted by atomic mass is 10.2. The highest BCUT2D eigenvalue weighted by Crippen LogP contribution is 2.12. The van der Waals surface area contributed by atoms with Crippen LogP contribution in [0.3, 0.4) is 0 Å². The second-order valence-electron chi connectivity index (χ2n) is 4.74. The highest BCUT2D eigenvalue weighted by Gasteiger charge is 2.21. The highest BCUT2D eigenvalue weighted by atomic mass is 16.4. The number of aliphatic hydroxyl groups is 1. The molecule has 1 aromatic heterocycles. The summed E-state index contributed by atoms with van der Waals surface area (Å²) in [5, 5.41) is 18.8. The molecule has 1 aliphatic rings. The zero-order chi connectivity index (χ0) is 13.7. The summed E-state index contributed by atoms with van der Waals surface area (Å²) in [5.41, 5.74) is 0.676. The first kappa shape index (κ1) is 13.9. The van der Waals surface area contributed by atoms with Gasteiger partial charge in [-0.15, -0.1) is 0 Å². The van der Waals surface area contributed by atoms with Crippen molar-refractivity contribution in [1.82, 2.24) is 14.8 Å². The molecule has 6 heteroatoms. The minimum absolute atomic E-state index is 0.0939. The maximum absolute atomic E-state index is 10.6. The summed E-state index contributed by atoms with van der Waals surface area (Å²) in [6, 6.07) is 5.49. The average molecular weight is 265 g/mol. The number of piperazine rings is 1. The van der Waals surface area contributed by atoms with Gasteiger partial charge in [-0.25, -0.2) is 0 Å². The SMILES string of the molecule is O=C(O)CN1CCN(CC(O)c2ccccn2)CC1. The van der Waals surface area contributed by atoms with Gasteiger partial charge in [0.1, 0.15) is 6.10 Å². The van der Waals surface area contributed by atoms with Crippen LogP contribution in [-0.4, -0.2) is 70.2 Å². The smallest absolute Gasteiger partial charge is 0.317 e. The van der Waals surface area contributed by atoms with Crippen LogP contribution in [0.2, 0.25) is 0 Å². The molecule has 1 unspecified atom stereocenters. The second-order valence-corrected chi connectivity index (χ2v) is 4.74. The molecule has 1 fully saturated rings. The summed E-state index contributed by atoms with van der Waals surface area (Å²) < 4.78 is 0. The van der Waals surface area contributed by atoms with Crippen molar-refractivity contribution in [1.29, 1.82) is 0 Å². The molecule has 0 saturated carbocycles. The molecule has 2 rings (SSSR count). The quantitative estimate of drug-likeness (QED) is 0.769. The lowest BCUT2D eigenvalue weighted by Gasteiger charge is -2.34. The minimum Gasteiger partial charge on any atom is -0.480 e. The van der Waals surface area contributed by atoms with E-state index in [1.54, 1.807) is 6.20 Å². The molecule has 0 amide bonds. The topological polar surface area (TPSA) is 76.9 Å². The predicted octanol–water partition coefficient (Wildman–Crippen LogP) is -0.183. The van der Waals surface area contributed by atoms with Crippen LogP contribution in [-0.2, 0) is 4.79 Å². The number of aliphatic hydroxyl groups excluding tert-OH is 1. The van der Waals surface area contributed by atoms with Gasteiger partial charge in [0.25, 0.3) is 0 Å². The molecule has 0 aliphatic carbocycles. The molecular weight excluding hydrogens is 246 g/mol. The van der Waals surface area contributed by atoms with Gasteiger partial charge in [-0.1, -0.05) is 6.07 Å². The molecule has 0 radical (unpaired) electrons. The Morgan fingerprint density at radius 1 is 1.26 bits per heavy atom. The Labute approximate surface area is 112 Å². The van der Waals surface area contributed by atoms with Gasteiger partial charge in [0.15, 0.2) is 0 Å². The number of hydrogen-bond acceptors (Lipinski definition) is 5. The van der Waals surface area contributed by atoms with Crippen LogP contribution in [0.4, 0.5) is 0 Å².